The molecule has 0 aliphatic rings. The Morgan fingerprint density at radius 1 is 0.967 bits per heavy atom. The standard InChI is InChI=1S/C25H29NO4/c1-18(2)24-23(25(27)28)14-16-26(24)15-4-5-19-6-12-22(13-7-19)30-17-20-8-10-21(29-3)11-9-20/h6-14,16,18H,4-5,15,17H2,1-3H3,(H,27,28). The summed E-state index contributed by atoms with van der Waals surface area (Å²) in [6, 6.07) is 17.7. The maximum absolute atomic E-state index is 11.4. The van der Waals surface area contributed by atoms with Crippen LogP contribution >= 0.6 is 0 Å². The van der Waals surface area contributed by atoms with Crippen LogP contribution in [0.1, 0.15) is 53.4 Å². The van der Waals surface area contributed by atoms with Crippen LogP contribution in [-0.4, -0.2) is 22.8 Å². The van der Waals surface area contributed by atoms with Crippen molar-refractivity contribution >= 4 is 5.97 Å². The normalized spacial score (nSPS) is 10.9. The van der Waals surface area contributed by atoms with Gasteiger partial charge in [-0.25, -0.2) is 4.79 Å². The zero-order valence-electron chi connectivity index (χ0n) is 17.8. The molecule has 0 atom stereocenters. The molecule has 2 aromatic carbocycles. The lowest BCUT2D eigenvalue weighted by Gasteiger charge is -2.13. The number of ether oxygens (including phenoxy) is 2. The van der Waals surface area contributed by atoms with Crippen molar-refractivity contribution in [3.8, 4) is 11.5 Å². The lowest BCUT2D eigenvalue weighted by atomic mass is 10.1. The molecule has 0 aliphatic heterocycles. The third kappa shape index (κ3) is 5.44. The topological polar surface area (TPSA) is 60.7 Å². The van der Waals surface area contributed by atoms with Gasteiger partial charge in [-0.2, -0.15) is 0 Å². The highest BCUT2D eigenvalue weighted by Crippen LogP contribution is 2.22. The number of carbonyl (C=O) groups is 1. The van der Waals surface area contributed by atoms with Crippen molar-refractivity contribution in [1.29, 1.82) is 0 Å². The second kappa shape index (κ2) is 10.0. The third-order valence-electron chi connectivity index (χ3n) is 5.14. The number of aromatic carboxylic acids is 1. The van der Waals surface area contributed by atoms with E-state index in [0.29, 0.717) is 12.2 Å². The minimum Gasteiger partial charge on any atom is -0.497 e. The second-order valence-electron chi connectivity index (χ2n) is 7.65. The molecule has 0 spiro atoms. The summed E-state index contributed by atoms with van der Waals surface area (Å²) in [4.78, 5) is 11.4. The van der Waals surface area contributed by atoms with Crippen molar-refractivity contribution in [2.75, 3.05) is 7.11 Å². The van der Waals surface area contributed by atoms with Gasteiger partial charge in [0.2, 0.25) is 0 Å². The number of aryl methyl sites for hydroxylation is 2. The van der Waals surface area contributed by atoms with Gasteiger partial charge in [0, 0.05) is 18.4 Å². The Hall–Kier alpha value is -3.21. The van der Waals surface area contributed by atoms with Crippen molar-refractivity contribution < 1.29 is 19.4 Å². The maximum atomic E-state index is 11.4. The Bertz CT molecular complexity index is 956. The summed E-state index contributed by atoms with van der Waals surface area (Å²) in [7, 11) is 1.65. The SMILES string of the molecule is COc1ccc(COc2ccc(CCCn3ccc(C(=O)O)c3C(C)C)cc2)cc1. The summed E-state index contributed by atoms with van der Waals surface area (Å²) >= 11 is 0. The number of rotatable bonds is 10. The second-order valence-corrected chi connectivity index (χ2v) is 7.65. The number of methoxy groups -OCH3 is 1. The summed E-state index contributed by atoms with van der Waals surface area (Å²) in [6.45, 7) is 5.38. The molecule has 30 heavy (non-hydrogen) atoms. The molecule has 0 amide bonds. The molecule has 0 saturated carbocycles. The van der Waals surface area contributed by atoms with Gasteiger partial charge < -0.3 is 19.1 Å². The van der Waals surface area contributed by atoms with Gasteiger partial charge in [-0.3, -0.25) is 0 Å². The van der Waals surface area contributed by atoms with Crippen LogP contribution in [0, 0.1) is 0 Å². The van der Waals surface area contributed by atoms with Crippen LogP contribution in [0.5, 0.6) is 11.5 Å². The zero-order valence-corrected chi connectivity index (χ0v) is 17.8. The zero-order chi connectivity index (χ0) is 21.5. The molecule has 5 nitrogen and oxygen atoms in total. The van der Waals surface area contributed by atoms with E-state index in [4.69, 9.17) is 9.47 Å². The molecule has 0 bridgehead atoms. The van der Waals surface area contributed by atoms with Gasteiger partial charge in [-0.15, -0.1) is 0 Å². The van der Waals surface area contributed by atoms with E-state index in [0.717, 1.165) is 42.1 Å². The lowest BCUT2D eigenvalue weighted by Crippen LogP contribution is -2.09. The first kappa shape index (κ1) is 21.5. The van der Waals surface area contributed by atoms with Crippen LogP contribution in [0.3, 0.4) is 0 Å². The fraction of sp³-hybridized carbons (Fsp3) is 0.320. The van der Waals surface area contributed by atoms with E-state index >= 15 is 0 Å². The average molecular weight is 408 g/mol. The monoisotopic (exact) mass is 407 g/mol. The van der Waals surface area contributed by atoms with E-state index in [1.807, 2.05) is 56.4 Å². The summed E-state index contributed by atoms with van der Waals surface area (Å²) in [5.41, 5.74) is 3.63. The molecule has 0 aliphatic carbocycles. The summed E-state index contributed by atoms with van der Waals surface area (Å²) in [5, 5.41) is 9.37. The van der Waals surface area contributed by atoms with Crippen LogP contribution in [0.4, 0.5) is 0 Å². The summed E-state index contributed by atoms with van der Waals surface area (Å²) < 4.78 is 13.1. The van der Waals surface area contributed by atoms with Crippen molar-refractivity contribution in [2.24, 2.45) is 0 Å². The lowest BCUT2D eigenvalue weighted by molar-refractivity contribution is 0.0695. The largest absolute Gasteiger partial charge is 0.497 e. The highest BCUT2D eigenvalue weighted by molar-refractivity contribution is 5.89. The number of nitrogens with zero attached hydrogens (tertiary/aromatic N) is 1. The highest BCUT2D eigenvalue weighted by atomic mass is 16.5. The van der Waals surface area contributed by atoms with Crippen molar-refractivity contribution in [1.82, 2.24) is 4.57 Å². The number of hydrogen-bond acceptors (Lipinski definition) is 3. The first-order valence-corrected chi connectivity index (χ1v) is 10.2. The van der Waals surface area contributed by atoms with Crippen molar-refractivity contribution in [3.63, 3.8) is 0 Å². The molecule has 0 fully saturated rings. The summed E-state index contributed by atoms with van der Waals surface area (Å²) in [5.74, 6) is 0.992. The van der Waals surface area contributed by atoms with E-state index < -0.39 is 5.97 Å². The van der Waals surface area contributed by atoms with Crippen LogP contribution < -0.4 is 9.47 Å². The molecule has 1 N–H and O–H groups in total. The van der Waals surface area contributed by atoms with Crippen LogP contribution in [0.15, 0.2) is 60.8 Å². The fourth-order valence-corrected chi connectivity index (χ4v) is 3.60. The molecule has 0 unspecified atom stereocenters. The Morgan fingerprint density at radius 2 is 1.60 bits per heavy atom. The van der Waals surface area contributed by atoms with Gasteiger partial charge >= 0.3 is 5.97 Å². The van der Waals surface area contributed by atoms with E-state index in [-0.39, 0.29) is 5.92 Å². The van der Waals surface area contributed by atoms with Crippen molar-refractivity contribution in [2.45, 2.75) is 45.8 Å². The fourth-order valence-electron chi connectivity index (χ4n) is 3.60. The third-order valence-corrected chi connectivity index (χ3v) is 5.14. The Balaban J connectivity index is 1.51. The van der Waals surface area contributed by atoms with Gasteiger partial charge in [0.15, 0.2) is 0 Å². The first-order chi connectivity index (χ1) is 14.5. The molecule has 1 aromatic heterocycles. The number of carboxylic acid groups (broad SMARTS) is 1. The molecular formula is C25H29NO4. The predicted octanol–water partition coefficient (Wildman–Crippen LogP) is 5.53. The number of aromatic nitrogens is 1. The van der Waals surface area contributed by atoms with E-state index in [1.54, 1.807) is 13.2 Å². The quantitative estimate of drug-likeness (QED) is 0.480. The van der Waals surface area contributed by atoms with Gasteiger partial charge in [0.1, 0.15) is 18.1 Å². The van der Waals surface area contributed by atoms with Crippen molar-refractivity contribution in [3.05, 3.63) is 83.2 Å². The Kier molecular flexibility index (Phi) is 7.17. The minimum atomic E-state index is -0.859. The van der Waals surface area contributed by atoms with Gasteiger partial charge in [-0.1, -0.05) is 38.1 Å². The molecule has 0 saturated heterocycles. The number of hydrogen-bond donors (Lipinski definition) is 1. The average Bonchev–Trinajstić information content (AvgIpc) is 3.18. The number of benzene rings is 2. The molecule has 3 aromatic rings. The van der Waals surface area contributed by atoms with Gasteiger partial charge in [-0.05, 0) is 60.2 Å². The van der Waals surface area contributed by atoms with Crippen LogP contribution in [-0.2, 0) is 19.6 Å². The molecule has 1 heterocycles. The van der Waals surface area contributed by atoms with Crippen LogP contribution in [0.25, 0.3) is 0 Å². The first-order valence-electron chi connectivity index (χ1n) is 10.2. The van der Waals surface area contributed by atoms with E-state index in [2.05, 4.69) is 16.7 Å². The Morgan fingerprint density at radius 3 is 2.20 bits per heavy atom. The molecule has 3 rings (SSSR count). The summed E-state index contributed by atoms with van der Waals surface area (Å²) in [6.07, 6.45) is 3.76. The maximum Gasteiger partial charge on any atom is 0.337 e. The highest BCUT2D eigenvalue weighted by Gasteiger charge is 2.17. The molecule has 0 radical (unpaired) electrons. The molecule has 5 heteroatoms. The minimum absolute atomic E-state index is 0.174. The van der Waals surface area contributed by atoms with E-state index in [1.165, 1.54) is 5.56 Å². The van der Waals surface area contributed by atoms with Crippen LogP contribution in [0.2, 0.25) is 0 Å². The smallest absolute Gasteiger partial charge is 0.337 e. The molecular weight excluding hydrogens is 378 g/mol. The van der Waals surface area contributed by atoms with E-state index in [9.17, 15) is 9.90 Å². The number of carboxylic acids is 1. The molecule has 158 valence electrons. The van der Waals surface area contributed by atoms with Gasteiger partial charge in [0.05, 0.1) is 12.7 Å². The Labute approximate surface area is 177 Å². The predicted molar refractivity (Wildman–Crippen MR) is 118 cm³/mol. The van der Waals surface area contributed by atoms with Gasteiger partial charge in [0.25, 0.3) is 0 Å².